The highest BCUT2D eigenvalue weighted by molar-refractivity contribution is 6.03. The van der Waals surface area contributed by atoms with Crippen molar-refractivity contribution >= 4 is 10.8 Å². The molecule has 0 saturated carbocycles. The van der Waals surface area contributed by atoms with Crippen molar-refractivity contribution in [1.82, 2.24) is 24.9 Å². The molecule has 5 aromatic carbocycles. The Hall–Kier alpha value is -6.33. The summed E-state index contributed by atoms with van der Waals surface area (Å²) in [4.78, 5) is 24.0. The number of hydrogen-bond donors (Lipinski definition) is 0. The standard InChI is InChI=1S/C41H27N5/c1-3-9-28(10-4-1)29-17-19-32(20-18-29)40-44-39(31-11-5-2-6-12-31)45-41(46-40)37-16-8-13-34-35(37)14-7-15-36(34)38-22-21-33(27-43-38)30-23-25-42-26-24-30/h1-27H. The molecule has 0 N–H and O–H groups in total. The smallest absolute Gasteiger partial charge is 0.164 e. The lowest BCUT2D eigenvalue weighted by Gasteiger charge is -2.12. The van der Waals surface area contributed by atoms with E-state index in [1.54, 1.807) is 12.4 Å². The minimum absolute atomic E-state index is 0.625. The molecule has 3 heterocycles. The summed E-state index contributed by atoms with van der Waals surface area (Å²) >= 11 is 0. The van der Waals surface area contributed by atoms with Gasteiger partial charge in [0.15, 0.2) is 17.5 Å². The summed E-state index contributed by atoms with van der Waals surface area (Å²) in [5, 5.41) is 2.13. The van der Waals surface area contributed by atoms with E-state index in [2.05, 4.69) is 102 Å². The van der Waals surface area contributed by atoms with E-state index in [0.29, 0.717) is 17.5 Å². The number of benzene rings is 5. The van der Waals surface area contributed by atoms with Gasteiger partial charge in [-0.05, 0) is 45.7 Å². The third-order valence-electron chi connectivity index (χ3n) is 8.13. The Morgan fingerprint density at radius 1 is 0.326 bits per heavy atom. The first-order valence-electron chi connectivity index (χ1n) is 15.2. The lowest BCUT2D eigenvalue weighted by molar-refractivity contribution is 1.08. The number of fused-ring (bicyclic) bond motifs is 1. The Kier molecular flexibility index (Phi) is 7.09. The molecule has 0 aliphatic heterocycles. The van der Waals surface area contributed by atoms with E-state index in [0.717, 1.165) is 55.4 Å². The molecule has 5 heteroatoms. The molecular weight excluding hydrogens is 562 g/mol. The van der Waals surface area contributed by atoms with Gasteiger partial charge in [-0.3, -0.25) is 9.97 Å². The summed E-state index contributed by atoms with van der Waals surface area (Å²) in [5.74, 6) is 1.89. The molecule has 0 bridgehead atoms. The molecule has 0 radical (unpaired) electrons. The summed E-state index contributed by atoms with van der Waals surface area (Å²) in [6.07, 6.45) is 5.51. The third kappa shape index (κ3) is 5.31. The van der Waals surface area contributed by atoms with Crippen LogP contribution in [0.25, 0.3) is 78.4 Å². The average molecular weight is 590 g/mol. The number of aromatic nitrogens is 5. The van der Waals surface area contributed by atoms with Crippen LogP contribution in [0.4, 0.5) is 0 Å². The summed E-state index contributed by atoms with van der Waals surface area (Å²) in [7, 11) is 0. The highest BCUT2D eigenvalue weighted by Gasteiger charge is 2.16. The third-order valence-corrected chi connectivity index (χ3v) is 8.13. The molecule has 46 heavy (non-hydrogen) atoms. The minimum atomic E-state index is 0.625. The maximum Gasteiger partial charge on any atom is 0.164 e. The van der Waals surface area contributed by atoms with Crippen molar-refractivity contribution in [2.75, 3.05) is 0 Å². The van der Waals surface area contributed by atoms with E-state index in [1.165, 1.54) is 5.56 Å². The number of hydrogen-bond acceptors (Lipinski definition) is 5. The van der Waals surface area contributed by atoms with Gasteiger partial charge in [0.25, 0.3) is 0 Å². The van der Waals surface area contributed by atoms with Crippen LogP contribution in [-0.2, 0) is 0 Å². The molecule has 0 atom stereocenters. The molecule has 0 unspecified atom stereocenters. The van der Waals surface area contributed by atoms with Crippen molar-refractivity contribution in [3.05, 3.63) is 164 Å². The number of rotatable bonds is 6. The van der Waals surface area contributed by atoms with Crippen molar-refractivity contribution in [3.63, 3.8) is 0 Å². The minimum Gasteiger partial charge on any atom is -0.265 e. The predicted molar refractivity (Wildman–Crippen MR) is 186 cm³/mol. The fourth-order valence-electron chi connectivity index (χ4n) is 5.78. The van der Waals surface area contributed by atoms with Gasteiger partial charge in [-0.25, -0.2) is 15.0 Å². The Morgan fingerprint density at radius 2 is 0.826 bits per heavy atom. The molecule has 0 aliphatic rings. The van der Waals surface area contributed by atoms with Gasteiger partial charge in [-0.1, -0.05) is 127 Å². The summed E-state index contributed by atoms with van der Waals surface area (Å²) in [6.45, 7) is 0. The van der Waals surface area contributed by atoms with Crippen LogP contribution in [0.5, 0.6) is 0 Å². The Morgan fingerprint density at radius 3 is 1.48 bits per heavy atom. The summed E-state index contributed by atoms with van der Waals surface area (Å²) in [6, 6.07) is 49.6. The second-order valence-corrected chi connectivity index (χ2v) is 11.0. The van der Waals surface area contributed by atoms with Gasteiger partial charge in [0.2, 0.25) is 0 Å². The van der Waals surface area contributed by atoms with Crippen LogP contribution >= 0.6 is 0 Å². The van der Waals surface area contributed by atoms with Gasteiger partial charge < -0.3 is 0 Å². The SMILES string of the molecule is c1ccc(-c2ccc(-c3nc(-c4ccccc4)nc(-c4cccc5c(-c6ccc(-c7ccncc7)cn6)cccc45)n3)cc2)cc1. The van der Waals surface area contributed by atoms with Crippen molar-refractivity contribution in [3.8, 4) is 67.7 Å². The van der Waals surface area contributed by atoms with Crippen molar-refractivity contribution in [2.24, 2.45) is 0 Å². The van der Waals surface area contributed by atoms with Crippen molar-refractivity contribution < 1.29 is 0 Å². The van der Waals surface area contributed by atoms with Crippen molar-refractivity contribution in [1.29, 1.82) is 0 Å². The van der Waals surface area contributed by atoms with E-state index in [9.17, 15) is 0 Å². The maximum atomic E-state index is 5.06. The fourth-order valence-corrected chi connectivity index (χ4v) is 5.78. The molecule has 0 fully saturated rings. The molecule has 0 aliphatic carbocycles. The molecule has 0 amide bonds. The van der Waals surface area contributed by atoms with Gasteiger partial charge in [-0.2, -0.15) is 0 Å². The molecule has 0 spiro atoms. The van der Waals surface area contributed by atoms with Crippen molar-refractivity contribution in [2.45, 2.75) is 0 Å². The normalized spacial score (nSPS) is 11.0. The monoisotopic (exact) mass is 589 g/mol. The first kappa shape index (κ1) is 27.2. The molecular formula is C41H27N5. The van der Waals surface area contributed by atoms with Crippen LogP contribution in [0.2, 0.25) is 0 Å². The zero-order valence-corrected chi connectivity index (χ0v) is 24.8. The molecule has 0 saturated heterocycles. The van der Waals surface area contributed by atoms with Gasteiger partial charge in [0.1, 0.15) is 0 Å². The van der Waals surface area contributed by atoms with Crippen LogP contribution in [0.15, 0.2) is 164 Å². The average Bonchev–Trinajstić information content (AvgIpc) is 3.15. The van der Waals surface area contributed by atoms with E-state index in [-0.39, 0.29) is 0 Å². The van der Waals surface area contributed by atoms with E-state index < -0.39 is 0 Å². The quantitative estimate of drug-likeness (QED) is 0.193. The Balaban J connectivity index is 1.23. The fraction of sp³-hybridized carbons (Fsp3) is 0. The van der Waals surface area contributed by atoms with Gasteiger partial charge in [0.05, 0.1) is 5.69 Å². The number of nitrogens with zero attached hydrogens (tertiary/aromatic N) is 5. The maximum absolute atomic E-state index is 5.06. The number of pyridine rings is 2. The zero-order valence-electron chi connectivity index (χ0n) is 24.8. The Labute approximate surface area is 267 Å². The molecule has 8 aromatic rings. The van der Waals surface area contributed by atoms with Crippen LogP contribution < -0.4 is 0 Å². The molecule has 5 nitrogen and oxygen atoms in total. The van der Waals surface area contributed by atoms with E-state index >= 15 is 0 Å². The summed E-state index contributed by atoms with van der Waals surface area (Å²) in [5.41, 5.74) is 9.21. The zero-order chi connectivity index (χ0) is 30.7. The Bertz CT molecular complexity index is 2270. The predicted octanol–water partition coefficient (Wildman–Crippen LogP) is 9.82. The second-order valence-electron chi connectivity index (χ2n) is 11.0. The largest absolute Gasteiger partial charge is 0.265 e. The lowest BCUT2D eigenvalue weighted by Crippen LogP contribution is -2.00. The molecule has 216 valence electrons. The van der Waals surface area contributed by atoms with E-state index in [4.69, 9.17) is 19.9 Å². The highest BCUT2D eigenvalue weighted by Crippen LogP contribution is 2.35. The second kappa shape index (κ2) is 12.0. The van der Waals surface area contributed by atoms with Crippen LogP contribution in [0.1, 0.15) is 0 Å². The first-order chi connectivity index (χ1) is 22.8. The molecule has 3 aromatic heterocycles. The topological polar surface area (TPSA) is 64.5 Å². The van der Waals surface area contributed by atoms with Gasteiger partial charge >= 0.3 is 0 Å². The van der Waals surface area contributed by atoms with Crippen LogP contribution in [-0.4, -0.2) is 24.9 Å². The van der Waals surface area contributed by atoms with Crippen LogP contribution in [0.3, 0.4) is 0 Å². The van der Waals surface area contributed by atoms with Gasteiger partial charge in [-0.15, -0.1) is 0 Å². The molecule has 8 rings (SSSR count). The van der Waals surface area contributed by atoms with Crippen LogP contribution in [0, 0.1) is 0 Å². The van der Waals surface area contributed by atoms with Gasteiger partial charge in [0, 0.05) is 46.4 Å². The lowest BCUT2D eigenvalue weighted by atomic mass is 9.97. The first-order valence-corrected chi connectivity index (χ1v) is 15.2. The van der Waals surface area contributed by atoms with E-state index in [1.807, 2.05) is 54.7 Å². The summed E-state index contributed by atoms with van der Waals surface area (Å²) < 4.78 is 0. The highest BCUT2D eigenvalue weighted by atomic mass is 15.0.